The number of halogens is 2. The number of nitrogen functional groups attached to an aromatic ring is 1. The van der Waals surface area contributed by atoms with E-state index in [0.29, 0.717) is 0 Å². The summed E-state index contributed by atoms with van der Waals surface area (Å²) in [6.45, 7) is -0.0156. The molecular formula is C10H15ClFN3O4S2. The predicted octanol–water partition coefficient (Wildman–Crippen LogP) is 0.279. The van der Waals surface area contributed by atoms with Crippen LogP contribution >= 0.6 is 11.6 Å². The molecule has 0 bridgehead atoms. The van der Waals surface area contributed by atoms with Gasteiger partial charge in [0.05, 0.1) is 11.3 Å². The fraction of sp³-hybridized carbons (Fsp3) is 0.400. The summed E-state index contributed by atoms with van der Waals surface area (Å²) >= 11 is 5.54. The Balaban J connectivity index is 2.71. The Hall–Kier alpha value is -0.940. The van der Waals surface area contributed by atoms with Crippen molar-refractivity contribution in [3.8, 4) is 0 Å². The summed E-state index contributed by atoms with van der Waals surface area (Å²) in [5, 5.41) is -0.394. The average molecular weight is 360 g/mol. The normalized spacial score (nSPS) is 12.5. The molecule has 0 saturated heterocycles. The second-order valence-electron chi connectivity index (χ2n) is 4.23. The van der Waals surface area contributed by atoms with Gasteiger partial charge in [-0.15, -0.1) is 0 Å². The zero-order valence-corrected chi connectivity index (χ0v) is 13.4. The van der Waals surface area contributed by atoms with Crippen LogP contribution in [-0.4, -0.2) is 36.2 Å². The lowest BCUT2D eigenvalue weighted by molar-refractivity contribution is 0.555. The molecule has 0 aliphatic carbocycles. The summed E-state index contributed by atoms with van der Waals surface area (Å²) in [6.07, 6.45) is 1.19. The van der Waals surface area contributed by atoms with E-state index in [1.165, 1.54) is 0 Å². The highest BCUT2D eigenvalue weighted by Gasteiger charge is 2.21. The largest absolute Gasteiger partial charge is 0.399 e. The lowest BCUT2D eigenvalue weighted by atomic mass is 10.3. The summed E-state index contributed by atoms with van der Waals surface area (Å²) < 4.78 is 63.5. The molecule has 0 atom stereocenters. The highest BCUT2D eigenvalue weighted by Crippen LogP contribution is 2.25. The zero-order valence-electron chi connectivity index (χ0n) is 11.1. The molecule has 0 aromatic heterocycles. The maximum absolute atomic E-state index is 13.7. The van der Waals surface area contributed by atoms with Crippen LogP contribution in [0.15, 0.2) is 17.0 Å². The number of hydrogen-bond donors (Lipinski definition) is 3. The van der Waals surface area contributed by atoms with Crippen molar-refractivity contribution in [2.75, 3.05) is 25.1 Å². The SMILES string of the molecule is CS(=O)(=O)NCCCNS(=O)(=O)c1cc(N)cc(Cl)c1F. The van der Waals surface area contributed by atoms with Crippen LogP contribution in [0.5, 0.6) is 0 Å². The second-order valence-corrected chi connectivity index (χ2v) is 8.21. The molecule has 11 heteroatoms. The Morgan fingerprint density at radius 3 is 2.33 bits per heavy atom. The molecule has 120 valence electrons. The quantitative estimate of drug-likeness (QED) is 0.477. The van der Waals surface area contributed by atoms with Gasteiger partial charge in [-0.25, -0.2) is 30.7 Å². The Morgan fingerprint density at radius 2 is 1.76 bits per heavy atom. The lowest BCUT2D eigenvalue weighted by Crippen LogP contribution is -2.30. The minimum absolute atomic E-state index is 0.0144. The van der Waals surface area contributed by atoms with Crippen LogP contribution in [0.3, 0.4) is 0 Å². The van der Waals surface area contributed by atoms with Gasteiger partial charge in [0.15, 0.2) is 5.82 Å². The van der Waals surface area contributed by atoms with Gasteiger partial charge < -0.3 is 5.73 Å². The van der Waals surface area contributed by atoms with Crippen molar-refractivity contribution in [3.05, 3.63) is 23.0 Å². The van der Waals surface area contributed by atoms with Crippen LogP contribution in [0.25, 0.3) is 0 Å². The van der Waals surface area contributed by atoms with Crippen LogP contribution in [-0.2, 0) is 20.0 Å². The smallest absolute Gasteiger partial charge is 0.243 e. The van der Waals surface area contributed by atoms with Gasteiger partial charge in [0.25, 0.3) is 0 Å². The predicted molar refractivity (Wildman–Crippen MR) is 78.5 cm³/mol. The highest BCUT2D eigenvalue weighted by molar-refractivity contribution is 7.89. The molecule has 1 rings (SSSR count). The van der Waals surface area contributed by atoms with E-state index in [1.807, 2.05) is 0 Å². The fourth-order valence-electron chi connectivity index (χ4n) is 1.41. The van der Waals surface area contributed by atoms with E-state index in [2.05, 4.69) is 9.44 Å². The molecule has 0 amide bonds. The van der Waals surface area contributed by atoms with Crippen LogP contribution in [0, 0.1) is 5.82 Å². The van der Waals surface area contributed by atoms with E-state index in [1.54, 1.807) is 0 Å². The van der Waals surface area contributed by atoms with E-state index in [0.717, 1.165) is 18.4 Å². The molecule has 0 radical (unpaired) electrons. The van der Waals surface area contributed by atoms with Crippen molar-refractivity contribution < 1.29 is 21.2 Å². The fourth-order valence-corrected chi connectivity index (χ4v) is 3.41. The third kappa shape index (κ3) is 5.75. The van der Waals surface area contributed by atoms with Crippen LogP contribution in [0.4, 0.5) is 10.1 Å². The lowest BCUT2D eigenvalue weighted by Gasteiger charge is -2.09. The summed E-state index contributed by atoms with van der Waals surface area (Å²) in [4.78, 5) is -0.649. The van der Waals surface area contributed by atoms with Gasteiger partial charge in [0.1, 0.15) is 4.90 Å². The van der Waals surface area contributed by atoms with Crippen LogP contribution in [0.2, 0.25) is 5.02 Å². The number of benzene rings is 1. The Morgan fingerprint density at radius 1 is 1.19 bits per heavy atom. The number of nitrogens with one attached hydrogen (secondary N) is 2. The van der Waals surface area contributed by atoms with Gasteiger partial charge in [-0.2, -0.15) is 0 Å². The van der Waals surface area contributed by atoms with Gasteiger partial charge in [0, 0.05) is 18.8 Å². The summed E-state index contributed by atoms with van der Waals surface area (Å²) in [5.74, 6) is -1.09. The number of nitrogens with two attached hydrogens (primary N) is 1. The van der Waals surface area contributed by atoms with Crippen molar-refractivity contribution in [3.63, 3.8) is 0 Å². The van der Waals surface area contributed by atoms with Gasteiger partial charge in [-0.3, -0.25) is 0 Å². The number of anilines is 1. The molecule has 1 aromatic rings. The first kappa shape index (κ1) is 18.1. The third-order valence-corrected chi connectivity index (χ3v) is 4.78. The number of hydrogen-bond acceptors (Lipinski definition) is 5. The van der Waals surface area contributed by atoms with E-state index < -0.39 is 35.8 Å². The van der Waals surface area contributed by atoms with Gasteiger partial charge in [-0.05, 0) is 18.6 Å². The highest BCUT2D eigenvalue weighted by atomic mass is 35.5. The Labute approximate surface area is 127 Å². The Kier molecular flexibility index (Phi) is 5.93. The summed E-state index contributed by atoms with van der Waals surface area (Å²) in [6, 6.07) is 2.06. The van der Waals surface area contributed by atoms with Crippen molar-refractivity contribution in [2.24, 2.45) is 0 Å². The molecule has 0 aliphatic rings. The summed E-state index contributed by atoms with van der Waals surface area (Å²) in [5.41, 5.74) is 5.44. The molecule has 7 nitrogen and oxygen atoms in total. The van der Waals surface area contributed by atoms with Gasteiger partial charge in [-0.1, -0.05) is 11.6 Å². The topological polar surface area (TPSA) is 118 Å². The van der Waals surface area contributed by atoms with Crippen molar-refractivity contribution in [1.82, 2.24) is 9.44 Å². The van der Waals surface area contributed by atoms with E-state index in [4.69, 9.17) is 17.3 Å². The number of sulfonamides is 2. The monoisotopic (exact) mass is 359 g/mol. The van der Waals surface area contributed by atoms with E-state index >= 15 is 0 Å². The molecule has 0 fully saturated rings. The average Bonchev–Trinajstić information content (AvgIpc) is 2.31. The molecule has 0 spiro atoms. The van der Waals surface area contributed by atoms with Gasteiger partial charge >= 0.3 is 0 Å². The van der Waals surface area contributed by atoms with Crippen molar-refractivity contribution >= 4 is 37.3 Å². The van der Waals surface area contributed by atoms with Crippen LogP contribution < -0.4 is 15.2 Å². The molecule has 1 aromatic carbocycles. The van der Waals surface area contributed by atoms with Crippen molar-refractivity contribution in [1.29, 1.82) is 0 Å². The number of rotatable bonds is 7. The first-order valence-electron chi connectivity index (χ1n) is 5.72. The second kappa shape index (κ2) is 6.88. The van der Waals surface area contributed by atoms with E-state index in [9.17, 15) is 21.2 Å². The van der Waals surface area contributed by atoms with E-state index in [-0.39, 0.29) is 25.2 Å². The molecular weight excluding hydrogens is 345 g/mol. The molecule has 0 aliphatic heterocycles. The molecule has 21 heavy (non-hydrogen) atoms. The zero-order chi connectivity index (χ0) is 16.3. The molecule has 0 unspecified atom stereocenters. The maximum atomic E-state index is 13.7. The molecule has 4 N–H and O–H groups in total. The first-order chi connectivity index (χ1) is 9.53. The summed E-state index contributed by atoms with van der Waals surface area (Å²) in [7, 11) is -7.45. The maximum Gasteiger partial charge on any atom is 0.243 e. The first-order valence-corrected chi connectivity index (χ1v) is 9.47. The standard InChI is InChI=1S/C10H15ClFN3O4S2/c1-20(16,17)14-3-2-4-15-21(18,19)9-6-7(13)5-8(11)10(9)12/h5-6,14-15H,2-4,13H2,1H3. The minimum Gasteiger partial charge on any atom is -0.399 e. The van der Waals surface area contributed by atoms with Crippen LogP contribution in [0.1, 0.15) is 6.42 Å². The third-order valence-electron chi connectivity index (χ3n) is 2.32. The Bertz CT molecular complexity index is 722. The minimum atomic E-state index is -4.12. The van der Waals surface area contributed by atoms with Crippen molar-refractivity contribution in [2.45, 2.75) is 11.3 Å². The molecule has 0 saturated carbocycles. The van der Waals surface area contributed by atoms with Gasteiger partial charge in [0.2, 0.25) is 20.0 Å². The molecule has 0 heterocycles.